The third-order valence-electron chi connectivity index (χ3n) is 4.24. The van der Waals surface area contributed by atoms with Crippen LogP contribution in [0.15, 0.2) is 58.3 Å². The average molecular weight is 409 g/mol. The molecular formula is C17H19N3O5S2. The van der Waals surface area contributed by atoms with E-state index in [0.29, 0.717) is 18.8 Å². The first-order valence-corrected chi connectivity index (χ1v) is 11.2. The number of hydrogen-bond acceptors (Lipinski definition) is 5. The molecule has 1 saturated heterocycles. The van der Waals surface area contributed by atoms with Crippen molar-refractivity contribution in [2.75, 3.05) is 18.4 Å². The molecular weight excluding hydrogens is 390 g/mol. The van der Waals surface area contributed by atoms with Crippen molar-refractivity contribution in [3.8, 4) is 0 Å². The smallest absolute Gasteiger partial charge is 0.255 e. The Hall–Kier alpha value is -2.27. The summed E-state index contributed by atoms with van der Waals surface area (Å²) in [5.74, 6) is -0.503. The van der Waals surface area contributed by atoms with Gasteiger partial charge < -0.3 is 5.32 Å². The highest BCUT2D eigenvalue weighted by molar-refractivity contribution is 7.89. The van der Waals surface area contributed by atoms with Crippen LogP contribution in [-0.4, -0.2) is 40.1 Å². The summed E-state index contributed by atoms with van der Waals surface area (Å²) >= 11 is 0. The highest BCUT2D eigenvalue weighted by Crippen LogP contribution is 2.22. The van der Waals surface area contributed by atoms with E-state index in [1.807, 2.05) is 0 Å². The lowest BCUT2D eigenvalue weighted by molar-refractivity contribution is 0.102. The van der Waals surface area contributed by atoms with E-state index in [4.69, 9.17) is 5.14 Å². The first kappa shape index (κ1) is 19.5. The fourth-order valence-corrected chi connectivity index (χ4v) is 4.89. The molecule has 0 bridgehead atoms. The molecule has 10 heteroatoms. The summed E-state index contributed by atoms with van der Waals surface area (Å²) in [6.45, 7) is 0.963. The van der Waals surface area contributed by atoms with E-state index in [2.05, 4.69) is 5.32 Å². The highest BCUT2D eigenvalue weighted by Gasteiger charge is 2.27. The minimum absolute atomic E-state index is 0.0702. The molecule has 3 N–H and O–H groups in total. The van der Waals surface area contributed by atoms with Crippen LogP contribution in [0, 0.1) is 0 Å². The number of nitrogens with one attached hydrogen (secondary N) is 1. The van der Waals surface area contributed by atoms with Gasteiger partial charge in [0.05, 0.1) is 9.79 Å². The fourth-order valence-electron chi connectivity index (χ4n) is 2.81. The summed E-state index contributed by atoms with van der Waals surface area (Å²) in [7, 11) is -7.43. The number of carbonyl (C=O) groups excluding carboxylic acids is 1. The number of amides is 1. The third-order valence-corrected chi connectivity index (χ3v) is 7.06. The molecule has 1 aliphatic rings. The minimum Gasteiger partial charge on any atom is -0.322 e. The van der Waals surface area contributed by atoms with Crippen molar-refractivity contribution in [3.63, 3.8) is 0 Å². The summed E-state index contributed by atoms with van der Waals surface area (Å²) in [6, 6.07) is 11.2. The summed E-state index contributed by atoms with van der Waals surface area (Å²) in [5, 5.41) is 7.63. The van der Waals surface area contributed by atoms with Gasteiger partial charge in [0.1, 0.15) is 0 Å². The Labute approximate surface area is 158 Å². The molecule has 3 rings (SSSR count). The lowest BCUT2D eigenvalue weighted by Gasteiger charge is -2.16. The van der Waals surface area contributed by atoms with Gasteiger partial charge in [-0.25, -0.2) is 22.0 Å². The van der Waals surface area contributed by atoms with Crippen LogP contribution < -0.4 is 10.5 Å². The van der Waals surface area contributed by atoms with Gasteiger partial charge >= 0.3 is 0 Å². The van der Waals surface area contributed by atoms with Crippen LogP contribution in [0.4, 0.5) is 5.69 Å². The monoisotopic (exact) mass is 409 g/mol. The van der Waals surface area contributed by atoms with Gasteiger partial charge in [-0.15, -0.1) is 0 Å². The molecule has 1 amide bonds. The Morgan fingerprint density at radius 2 is 1.56 bits per heavy atom. The standard InChI is InChI=1S/C17H19N3O5S2/c18-26(22,23)15-8-6-14(7-9-15)19-17(21)13-4-3-5-16(12-13)27(24,25)20-10-1-2-11-20/h3-9,12H,1-2,10-11H2,(H,19,21)(H2,18,22,23). The normalized spacial score (nSPS) is 15.6. The van der Waals surface area contributed by atoms with Gasteiger partial charge in [-0.05, 0) is 55.3 Å². The topological polar surface area (TPSA) is 127 Å². The van der Waals surface area contributed by atoms with Crippen LogP contribution in [0.2, 0.25) is 0 Å². The zero-order valence-corrected chi connectivity index (χ0v) is 16.0. The number of benzene rings is 2. The predicted molar refractivity (Wildman–Crippen MR) is 100 cm³/mol. The molecule has 144 valence electrons. The van der Waals surface area contributed by atoms with E-state index in [0.717, 1.165) is 12.8 Å². The largest absolute Gasteiger partial charge is 0.322 e. The number of anilines is 1. The van der Waals surface area contributed by atoms with Gasteiger partial charge in [0.2, 0.25) is 20.0 Å². The van der Waals surface area contributed by atoms with Crippen LogP contribution >= 0.6 is 0 Å². The Bertz CT molecular complexity index is 1060. The Kier molecular flexibility index (Phi) is 5.33. The number of carbonyl (C=O) groups is 1. The summed E-state index contributed by atoms with van der Waals surface area (Å²) in [6.07, 6.45) is 1.65. The molecule has 0 saturated carbocycles. The number of nitrogens with zero attached hydrogens (tertiary/aromatic N) is 1. The predicted octanol–water partition coefficient (Wildman–Crippen LogP) is 1.37. The average Bonchev–Trinajstić information content (AvgIpc) is 3.17. The van der Waals surface area contributed by atoms with Crippen molar-refractivity contribution < 1.29 is 21.6 Å². The quantitative estimate of drug-likeness (QED) is 0.771. The molecule has 8 nitrogen and oxygen atoms in total. The number of rotatable bonds is 5. The zero-order valence-electron chi connectivity index (χ0n) is 14.3. The van der Waals surface area contributed by atoms with E-state index in [-0.39, 0.29) is 15.4 Å². The van der Waals surface area contributed by atoms with Crippen LogP contribution in [0.1, 0.15) is 23.2 Å². The maximum atomic E-state index is 12.6. The molecule has 1 fully saturated rings. The molecule has 0 atom stereocenters. The molecule has 27 heavy (non-hydrogen) atoms. The van der Waals surface area contributed by atoms with Crippen LogP contribution in [0.25, 0.3) is 0 Å². The van der Waals surface area contributed by atoms with Gasteiger partial charge in [-0.2, -0.15) is 4.31 Å². The van der Waals surface area contributed by atoms with Crippen molar-refractivity contribution in [2.45, 2.75) is 22.6 Å². The van der Waals surface area contributed by atoms with Crippen molar-refractivity contribution in [2.24, 2.45) is 5.14 Å². The number of primary sulfonamides is 1. The van der Waals surface area contributed by atoms with Gasteiger partial charge in [0.15, 0.2) is 0 Å². The van der Waals surface area contributed by atoms with E-state index >= 15 is 0 Å². The fraction of sp³-hybridized carbons (Fsp3) is 0.235. The highest BCUT2D eigenvalue weighted by atomic mass is 32.2. The van der Waals surface area contributed by atoms with Crippen LogP contribution in [0.3, 0.4) is 0 Å². The van der Waals surface area contributed by atoms with E-state index in [1.54, 1.807) is 0 Å². The molecule has 0 aliphatic carbocycles. The van der Waals surface area contributed by atoms with E-state index in [9.17, 15) is 21.6 Å². The maximum absolute atomic E-state index is 12.6. The SMILES string of the molecule is NS(=O)(=O)c1ccc(NC(=O)c2cccc(S(=O)(=O)N3CCCC3)c2)cc1. The summed E-state index contributed by atoms with van der Waals surface area (Å²) in [4.78, 5) is 12.4. The van der Waals surface area contributed by atoms with Crippen LogP contribution in [0.5, 0.6) is 0 Å². The summed E-state index contributed by atoms with van der Waals surface area (Å²) < 4.78 is 49.2. The second kappa shape index (κ2) is 7.39. The van der Waals surface area contributed by atoms with Crippen molar-refractivity contribution >= 4 is 31.6 Å². The summed E-state index contributed by atoms with van der Waals surface area (Å²) in [5.41, 5.74) is 0.547. The Balaban J connectivity index is 1.79. The molecule has 0 aromatic heterocycles. The minimum atomic E-state index is -3.81. The van der Waals surface area contributed by atoms with Crippen molar-refractivity contribution in [1.82, 2.24) is 4.31 Å². The molecule has 2 aromatic carbocycles. The van der Waals surface area contributed by atoms with Gasteiger partial charge in [-0.1, -0.05) is 6.07 Å². The molecule has 0 spiro atoms. The lowest BCUT2D eigenvalue weighted by Crippen LogP contribution is -2.28. The maximum Gasteiger partial charge on any atom is 0.255 e. The number of hydrogen-bond donors (Lipinski definition) is 2. The first-order valence-electron chi connectivity index (χ1n) is 8.22. The van der Waals surface area contributed by atoms with Crippen molar-refractivity contribution in [1.29, 1.82) is 0 Å². The zero-order chi connectivity index (χ0) is 19.7. The molecule has 1 aliphatic heterocycles. The van der Waals surface area contributed by atoms with Crippen LogP contribution in [-0.2, 0) is 20.0 Å². The van der Waals surface area contributed by atoms with Gasteiger partial charge in [0, 0.05) is 24.3 Å². The second-order valence-electron chi connectivity index (χ2n) is 6.16. The van der Waals surface area contributed by atoms with E-state index in [1.165, 1.54) is 52.8 Å². The third kappa shape index (κ3) is 4.35. The Morgan fingerprint density at radius 1 is 0.926 bits per heavy atom. The van der Waals surface area contributed by atoms with E-state index < -0.39 is 26.0 Å². The van der Waals surface area contributed by atoms with Gasteiger partial charge in [-0.3, -0.25) is 4.79 Å². The lowest BCUT2D eigenvalue weighted by atomic mass is 10.2. The Morgan fingerprint density at radius 3 is 2.15 bits per heavy atom. The number of sulfonamides is 2. The molecule has 0 radical (unpaired) electrons. The molecule has 2 aromatic rings. The molecule has 0 unspecified atom stereocenters. The second-order valence-corrected chi connectivity index (χ2v) is 9.66. The number of nitrogens with two attached hydrogens (primary N) is 1. The van der Waals surface area contributed by atoms with Crippen molar-refractivity contribution in [3.05, 3.63) is 54.1 Å². The first-order chi connectivity index (χ1) is 12.7. The van der Waals surface area contributed by atoms with Gasteiger partial charge in [0.25, 0.3) is 5.91 Å². The molecule has 1 heterocycles.